The molecule has 31 heavy (non-hydrogen) atoms. The van der Waals surface area contributed by atoms with Crippen molar-refractivity contribution < 1.29 is 14.3 Å². The molecule has 1 N–H and O–H groups in total. The molecule has 0 radical (unpaired) electrons. The maximum atomic E-state index is 12.4. The van der Waals surface area contributed by atoms with Crippen molar-refractivity contribution in [1.29, 1.82) is 0 Å². The van der Waals surface area contributed by atoms with E-state index in [1.807, 2.05) is 44.7 Å². The Morgan fingerprint density at radius 1 is 1.35 bits per heavy atom. The summed E-state index contributed by atoms with van der Waals surface area (Å²) in [6, 6.07) is 3.90. The zero-order valence-corrected chi connectivity index (χ0v) is 22.0. The number of likely N-dealkylation sites (tertiary alicyclic amines) is 1. The number of carbonyl (C=O) groups is 1. The van der Waals surface area contributed by atoms with E-state index in [0.717, 1.165) is 44.0 Å². The van der Waals surface area contributed by atoms with E-state index in [1.165, 1.54) is 0 Å². The van der Waals surface area contributed by atoms with Gasteiger partial charge in [0, 0.05) is 51.5 Å². The smallest absolute Gasteiger partial charge is 0.410 e. The lowest BCUT2D eigenvalue weighted by Gasteiger charge is -2.36. The van der Waals surface area contributed by atoms with Gasteiger partial charge in [-0.3, -0.25) is 4.99 Å². The number of hydrogen-bond donors (Lipinski definition) is 1. The van der Waals surface area contributed by atoms with Crippen LogP contribution in [-0.4, -0.2) is 72.8 Å². The molecule has 176 valence electrons. The van der Waals surface area contributed by atoms with Gasteiger partial charge in [0.05, 0.1) is 7.11 Å². The van der Waals surface area contributed by atoms with Crippen LogP contribution in [0.3, 0.4) is 0 Å². The van der Waals surface area contributed by atoms with Crippen molar-refractivity contribution >= 4 is 36.0 Å². The first-order valence-corrected chi connectivity index (χ1v) is 10.7. The van der Waals surface area contributed by atoms with Crippen LogP contribution in [0.5, 0.6) is 5.88 Å². The van der Waals surface area contributed by atoms with Crippen LogP contribution >= 0.6 is 24.0 Å². The molecule has 1 aliphatic rings. The zero-order chi connectivity index (χ0) is 22.1. The second kappa shape index (κ2) is 12.9. The Hall–Kier alpha value is -1.78. The Labute approximate surface area is 203 Å². The van der Waals surface area contributed by atoms with Crippen molar-refractivity contribution in [2.75, 3.05) is 40.3 Å². The molecule has 1 saturated heterocycles. The van der Waals surface area contributed by atoms with Gasteiger partial charge in [0.15, 0.2) is 5.96 Å². The molecule has 2 heterocycles. The van der Waals surface area contributed by atoms with Gasteiger partial charge < -0.3 is 24.6 Å². The molecule has 0 aliphatic carbocycles. The summed E-state index contributed by atoms with van der Waals surface area (Å²) in [6.07, 6.45) is 3.51. The summed E-state index contributed by atoms with van der Waals surface area (Å²) in [5.74, 6) is 1.96. The highest BCUT2D eigenvalue weighted by atomic mass is 127. The first-order chi connectivity index (χ1) is 14.3. The van der Waals surface area contributed by atoms with Gasteiger partial charge in [-0.25, -0.2) is 9.78 Å². The Morgan fingerprint density at radius 2 is 2.03 bits per heavy atom. The van der Waals surface area contributed by atoms with Gasteiger partial charge in [-0.2, -0.15) is 0 Å². The van der Waals surface area contributed by atoms with Gasteiger partial charge in [-0.1, -0.05) is 6.07 Å². The van der Waals surface area contributed by atoms with E-state index in [2.05, 4.69) is 20.2 Å². The number of guanidine groups is 1. The number of pyridine rings is 1. The van der Waals surface area contributed by atoms with Crippen LogP contribution in [0.15, 0.2) is 23.3 Å². The van der Waals surface area contributed by atoms with Crippen molar-refractivity contribution in [2.45, 2.75) is 52.7 Å². The molecule has 0 atom stereocenters. The number of nitrogens with one attached hydrogen (secondary N) is 1. The lowest BCUT2D eigenvalue weighted by atomic mass is 9.96. The van der Waals surface area contributed by atoms with Gasteiger partial charge in [0.25, 0.3) is 0 Å². The summed E-state index contributed by atoms with van der Waals surface area (Å²) >= 11 is 0. The molecule has 1 aromatic rings. The first kappa shape index (κ1) is 27.3. The van der Waals surface area contributed by atoms with Crippen molar-refractivity contribution in [3.05, 3.63) is 23.9 Å². The third-order valence-corrected chi connectivity index (χ3v) is 5.12. The Balaban J connectivity index is 0.00000480. The predicted octanol–water partition coefficient (Wildman–Crippen LogP) is 3.75. The highest BCUT2D eigenvalue weighted by Crippen LogP contribution is 2.20. The van der Waals surface area contributed by atoms with Crippen LogP contribution in [0.1, 0.15) is 46.1 Å². The fourth-order valence-electron chi connectivity index (χ4n) is 3.55. The fourth-order valence-corrected chi connectivity index (χ4v) is 3.55. The van der Waals surface area contributed by atoms with Crippen molar-refractivity contribution in [2.24, 2.45) is 10.9 Å². The number of rotatable bonds is 6. The molecule has 8 nitrogen and oxygen atoms in total. The number of hydrogen-bond acceptors (Lipinski definition) is 5. The quantitative estimate of drug-likeness (QED) is 0.332. The fraction of sp³-hybridized carbons (Fsp3) is 0.682. The molecule has 1 amide bonds. The van der Waals surface area contributed by atoms with Crippen molar-refractivity contribution in [3.8, 4) is 5.88 Å². The summed E-state index contributed by atoms with van der Waals surface area (Å²) in [7, 11) is 3.43. The van der Waals surface area contributed by atoms with Gasteiger partial charge in [0.2, 0.25) is 5.88 Å². The number of aliphatic imine (C=N–C) groups is 1. The topological polar surface area (TPSA) is 79.3 Å². The minimum atomic E-state index is -0.469. The van der Waals surface area contributed by atoms with Gasteiger partial charge >= 0.3 is 6.09 Å². The van der Waals surface area contributed by atoms with E-state index in [1.54, 1.807) is 20.4 Å². The standard InChI is InChI=1S/C22H37N5O3.HI/c1-7-26(21(28)30-22(2,3)4)16-17-10-13-27(14-11-17)20(23-5)25-15-18-9-8-12-24-19(18)29-6;/h8-9,12,17H,7,10-11,13-16H2,1-6H3,(H,23,25);1H. The van der Waals surface area contributed by atoms with Crippen LogP contribution in [0.4, 0.5) is 4.79 Å². The number of methoxy groups -OCH3 is 1. The number of ether oxygens (including phenoxy) is 2. The lowest BCUT2D eigenvalue weighted by molar-refractivity contribution is 0.0214. The molecule has 1 aromatic heterocycles. The molecule has 1 aliphatic heterocycles. The van der Waals surface area contributed by atoms with Crippen LogP contribution in [0.2, 0.25) is 0 Å². The summed E-state index contributed by atoms with van der Waals surface area (Å²) in [5, 5.41) is 3.41. The second-order valence-electron chi connectivity index (χ2n) is 8.52. The van der Waals surface area contributed by atoms with E-state index in [0.29, 0.717) is 24.9 Å². The van der Waals surface area contributed by atoms with Gasteiger partial charge in [-0.15, -0.1) is 24.0 Å². The minimum Gasteiger partial charge on any atom is -0.481 e. The number of piperidine rings is 1. The van der Waals surface area contributed by atoms with Crippen molar-refractivity contribution in [3.63, 3.8) is 0 Å². The highest BCUT2D eigenvalue weighted by Gasteiger charge is 2.27. The van der Waals surface area contributed by atoms with E-state index in [-0.39, 0.29) is 30.1 Å². The largest absolute Gasteiger partial charge is 0.481 e. The Bertz CT molecular complexity index is 715. The Morgan fingerprint density at radius 3 is 2.58 bits per heavy atom. The number of aromatic nitrogens is 1. The first-order valence-electron chi connectivity index (χ1n) is 10.7. The molecule has 1 fully saturated rings. The molecular weight excluding hydrogens is 509 g/mol. The van der Waals surface area contributed by atoms with E-state index in [9.17, 15) is 4.79 Å². The van der Waals surface area contributed by atoms with Crippen LogP contribution in [0.25, 0.3) is 0 Å². The van der Waals surface area contributed by atoms with E-state index < -0.39 is 5.60 Å². The summed E-state index contributed by atoms with van der Waals surface area (Å²) in [4.78, 5) is 25.2. The maximum absolute atomic E-state index is 12.4. The molecule has 2 rings (SSSR count). The summed E-state index contributed by atoms with van der Waals surface area (Å²) in [6.45, 7) is 11.5. The number of carbonyl (C=O) groups excluding carboxylic acids is 1. The third-order valence-electron chi connectivity index (χ3n) is 5.12. The Kier molecular flexibility index (Phi) is 11.4. The SMILES string of the molecule is CCN(CC1CCN(C(=NC)NCc2cccnc2OC)CC1)C(=O)OC(C)(C)C.I. The summed E-state index contributed by atoms with van der Waals surface area (Å²) in [5.41, 5.74) is 0.523. The summed E-state index contributed by atoms with van der Waals surface area (Å²) < 4.78 is 10.9. The maximum Gasteiger partial charge on any atom is 0.410 e. The molecular formula is C22H38IN5O3. The van der Waals surface area contributed by atoms with Gasteiger partial charge in [0.1, 0.15) is 5.60 Å². The zero-order valence-electron chi connectivity index (χ0n) is 19.7. The molecule has 0 unspecified atom stereocenters. The normalized spacial score (nSPS) is 15.2. The molecule has 0 bridgehead atoms. The number of nitrogens with zero attached hydrogens (tertiary/aromatic N) is 4. The lowest BCUT2D eigenvalue weighted by Crippen LogP contribution is -2.47. The molecule has 0 aromatic carbocycles. The van der Waals surface area contributed by atoms with E-state index >= 15 is 0 Å². The van der Waals surface area contributed by atoms with E-state index in [4.69, 9.17) is 9.47 Å². The monoisotopic (exact) mass is 547 g/mol. The minimum absolute atomic E-state index is 0. The van der Waals surface area contributed by atoms with Crippen LogP contribution in [0, 0.1) is 5.92 Å². The third kappa shape index (κ3) is 8.70. The molecule has 0 saturated carbocycles. The average molecular weight is 547 g/mol. The van der Waals surface area contributed by atoms with Crippen LogP contribution in [-0.2, 0) is 11.3 Å². The second-order valence-corrected chi connectivity index (χ2v) is 8.52. The molecule has 9 heteroatoms. The van der Waals surface area contributed by atoms with Crippen LogP contribution < -0.4 is 10.1 Å². The predicted molar refractivity (Wildman–Crippen MR) is 134 cm³/mol. The highest BCUT2D eigenvalue weighted by molar-refractivity contribution is 14.0. The van der Waals surface area contributed by atoms with Crippen molar-refractivity contribution in [1.82, 2.24) is 20.1 Å². The number of halogens is 1. The molecule has 0 spiro atoms. The average Bonchev–Trinajstić information content (AvgIpc) is 2.72. The van der Waals surface area contributed by atoms with Gasteiger partial charge in [-0.05, 0) is 52.5 Å². The number of amides is 1.